The van der Waals surface area contributed by atoms with Gasteiger partial charge in [0.05, 0.1) is 6.21 Å². The van der Waals surface area contributed by atoms with Gasteiger partial charge in [0.15, 0.2) is 6.10 Å². The molecule has 1 amide bonds. The van der Waals surface area contributed by atoms with Gasteiger partial charge in [0.1, 0.15) is 11.5 Å². The van der Waals surface area contributed by atoms with Crippen LogP contribution in [0, 0.1) is 6.92 Å². The highest BCUT2D eigenvalue weighted by atomic mass is 16.5. The maximum absolute atomic E-state index is 12.1. The topological polar surface area (TPSA) is 70.9 Å². The van der Waals surface area contributed by atoms with Crippen molar-refractivity contribution >= 4 is 12.1 Å². The molecule has 0 unspecified atom stereocenters. The van der Waals surface area contributed by atoms with Gasteiger partial charge in [-0.2, -0.15) is 5.10 Å². The van der Waals surface area contributed by atoms with E-state index >= 15 is 0 Å². The summed E-state index contributed by atoms with van der Waals surface area (Å²) in [6.45, 7) is 7.84. The molecule has 0 aliphatic heterocycles. The number of para-hydroxylation sites is 1. The molecule has 0 fully saturated rings. The number of rotatable bonds is 6. The molecule has 2 N–H and O–H groups in total. The molecule has 0 saturated carbocycles. The van der Waals surface area contributed by atoms with E-state index in [0.29, 0.717) is 17.2 Å². The van der Waals surface area contributed by atoms with E-state index in [1.807, 2.05) is 19.1 Å². The molecule has 132 valence electrons. The third kappa shape index (κ3) is 5.08. The summed E-state index contributed by atoms with van der Waals surface area (Å²) in [4.78, 5) is 12.1. The number of aryl methyl sites for hydroxylation is 1. The molecule has 2 aromatic carbocycles. The van der Waals surface area contributed by atoms with E-state index in [1.165, 1.54) is 6.21 Å². The van der Waals surface area contributed by atoms with Crippen molar-refractivity contribution in [3.8, 4) is 11.5 Å². The number of hydrogen-bond donors (Lipinski definition) is 2. The zero-order valence-corrected chi connectivity index (χ0v) is 15.0. The first-order valence-corrected chi connectivity index (χ1v) is 8.26. The average molecular weight is 340 g/mol. The first-order chi connectivity index (χ1) is 11.9. The van der Waals surface area contributed by atoms with Gasteiger partial charge in [-0.05, 0) is 49.1 Å². The Kier molecular flexibility index (Phi) is 6.17. The maximum atomic E-state index is 12.1. The van der Waals surface area contributed by atoms with Gasteiger partial charge in [0.2, 0.25) is 0 Å². The van der Waals surface area contributed by atoms with Crippen molar-refractivity contribution in [3.63, 3.8) is 0 Å². The van der Waals surface area contributed by atoms with E-state index in [9.17, 15) is 9.90 Å². The van der Waals surface area contributed by atoms with E-state index in [-0.39, 0.29) is 11.7 Å². The van der Waals surface area contributed by atoms with E-state index in [1.54, 1.807) is 31.2 Å². The van der Waals surface area contributed by atoms with Crippen LogP contribution in [0.4, 0.5) is 0 Å². The Balaban J connectivity index is 1.99. The Bertz CT molecular complexity index is 769. The average Bonchev–Trinajstić information content (AvgIpc) is 2.58. The lowest BCUT2D eigenvalue weighted by molar-refractivity contribution is -0.127. The number of phenols is 1. The smallest absolute Gasteiger partial charge is 0.280 e. The number of aromatic hydroxyl groups is 1. The molecule has 0 radical (unpaired) electrons. The Labute approximate surface area is 148 Å². The van der Waals surface area contributed by atoms with Crippen LogP contribution in [-0.4, -0.2) is 23.3 Å². The number of nitrogens with zero attached hydrogens (tertiary/aromatic N) is 1. The van der Waals surface area contributed by atoms with Crippen molar-refractivity contribution in [2.75, 3.05) is 0 Å². The lowest BCUT2D eigenvalue weighted by atomic mass is 10.0. The summed E-state index contributed by atoms with van der Waals surface area (Å²) in [5, 5.41) is 13.5. The molecule has 5 nitrogen and oxygen atoms in total. The van der Waals surface area contributed by atoms with Gasteiger partial charge < -0.3 is 9.84 Å². The SMILES string of the molecule is Cc1ccc(C(C)C)cc1O[C@@H](C)C(=O)N/N=C\c1ccccc1O. The van der Waals surface area contributed by atoms with Crippen LogP contribution < -0.4 is 10.2 Å². The van der Waals surface area contributed by atoms with Gasteiger partial charge in [-0.1, -0.05) is 38.1 Å². The van der Waals surface area contributed by atoms with Gasteiger partial charge in [0.25, 0.3) is 5.91 Å². The number of nitrogens with one attached hydrogen (secondary N) is 1. The predicted octanol–water partition coefficient (Wildman–Crippen LogP) is 3.74. The van der Waals surface area contributed by atoms with Crippen LogP contribution in [0.1, 0.15) is 43.4 Å². The number of benzene rings is 2. The van der Waals surface area contributed by atoms with Gasteiger partial charge in [-0.15, -0.1) is 0 Å². The lowest BCUT2D eigenvalue weighted by Crippen LogP contribution is -2.33. The first kappa shape index (κ1) is 18.5. The summed E-state index contributed by atoms with van der Waals surface area (Å²) < 4.78 is 5.79. The van der Waals surface area contributed by atoms with E-state index in [2.05, 4.69) is 30.4 Å². The number of amides is 1. The fraction of sp³-hybridized carbons (Fsp3) is 0.300. The second-order valence-corrected chi connectivity index (χ2v) is 6.23. The highest BCUT2D eigenvalue weighted by Crippen LogP contribution is 2.25. The van der Waals surface area contributed by atoms with Crippen molar-refractivity contribution in [3.05, 3.63) is 59.2 Å². The minimum atomic E-state index is -0.692. The summed E-state index contributed by atoms with van der Waals surface area (Å²) >= 11 is 0. The quantitative estimate of drug-likeness (QED) is 0.621. The number of carbonyl (C=O) groups is 1. The van der Waals surface area contributed by atoms with Crippen LogP contribution in [0.5, 0.6) is 11.5 Å². The van der Waals surface area contributed by atoms with Gasteiger partial charge in [-0.3, -0.25) is 4.79 Å². The van der Waals surface area contributed by atoms with E-state index in [0.717, 1.165) is 11.1 Å². The standard InChI is InChI=1S/C20H24N2O3/c1-13(2)16-10-9-14(3)19(11-16)25-15(4)20(24)22-21-12-17-7-5-6-8-18(17)23/h5-13,15,23H,1-4H3,(H,22,24)/b21-12-/t15-/m0/s1. The first-order valence-electron chi connectivity index (χ1n) is 8.26. The molecule has 0 aliphatic carbocycles. The fourth-order valence-corrected chi connectivity index (χ4v) is 2.20. The molecule has 0 spiro atoms. The van der Waals surface area contributed by atoms with Crippen LogP contribution in [0.15, 0.2) is 47.6 Å². The third-order valence-corrected chi connectivity index (χ3v) is 3.87. The van der Waals surface area contributed by atoms with Crippen molar-refractivity contribution in [2.24, 2.45) is 5.10 Å². The Morgan fingerprint density at radius 2 is 1.92 bits per heavy atom. The highest BCUT2D eigenvalue weighted by Gasteiger charge is 2.16. The molecule has 5 heteroatoms. The molecular weight excluding hydrogens is 316 g/mol. The summed E-state index contributed by atoms with van der Waals surface area (Å²) in [6.07, 6.45) is 0.701. The number of hydrogen-bond acceptors (Lipinski definition) is 4. The van der Waals surface area contributed by atoms with Gasteiger partial charge in [0, 0.05) is 5.56 Å². The minimum absolute atomic E-state index is 0.103. The van der Waals surface area contributed by atoms with Crippen molar-refractivity contribution < 1.29 is 14.6 Å². The molecule has 2 rings (SSSR count). The van der Waals surface area contributed by atoms with Crippen molar-refractivity contribution in [2.45, 2.75) is 39.7 Å². The minimum Gasteiger partial charge on any atom is -0.507 e. The maximum Gasteiger partial charge on any atom is 0.280 e. The molecule has 0 aromatic heterocycles. The summed E-state index contributed by atoms with van der Waals surface area (Å²) in [5.41, 5.74) is 5.09. The molecular formula is C20H24N2O3. The zero-order valence-electron chi connectivity index (χ0n) is 15.0. The van der Waals surface area contributed by atoms with Gasteiger partial charge >= 0.3 is 0 Å². The van der Waals surface area contributed by atoms with Crippen molar-refractivity contribution in [1.82, 2.24) is 5.43 Å². The second-order valence-electron chi connectivity index (χ2n) is 6.23. The van der Waals surface area contributed by atoms with Crippen LogP contribution in [0.2, 0.25) is 0 Å². The van der Waals surface area contributed by atoms with Crippen molar-refractivity contribution in [1.29, 1.82) is 0 Å². The van der Waals surface area contributed by atoms with E-state index in [4.69, 9.17) is 4.74 Å². The molecule has 0 bridgehead atoms. The second kappa shape index (κ2) is 8.33. The van der Waals surface area contributed by atoms with Gasteiger partial charge in [-0.25, -0.2) is 5.43 Å². The molecule has 1 atom stereocenters. The summed E-state index contributed by atoms with van der Waals surface area (Å²) in [7, 11) is 0. The number of ether oxygens (including phenoxy) is 1. The molecule has 0 aliphatic rings. The van der Waals surface area contributed by atoms with E-state index < -0.39 is 6.10 Å². The van der Waals surface area contributed by atoms with Crippen LogP contribution in [0.25, 0.3) is 0 Å². The highest BCUT2D eigenvalue weighted by molar-refractivity contribution is 5.86. The monoisotopic (exact) mass is 340 g/mol. The number of carbonyl (C=O) groups excluding carboxylic acids is 1. The largest absolute Gasteiger partial charge is 0.507 e. The van der Waals surface area contributed by atoms with Crippen LogP contribution in [0.3, 0.4) is 0 Å². The molecule has 25 heavy (non-hydrogen) atoms. The third-order valence-electron chi connectivity index (χ3n) is 3.87. The molecule has 0 heterocycles. The Morgan fingerprint density at radius 1 is 1.20 bits per heavy atom. The molecule has 2 aromatic rings. The summed E-state index contributed by atoms with van der Waals surface area (Å²) in [6, 6.07) is 12.8. The molecule has 0 saturated heterocycles. The summed E-state index contributed by atoms with van der Waals surface area (Å²) in [5.74, 6) is 0.820. The predicted molar refractivity (Wildman–Crippen MR) is 99.2 cm³/mol. The Hall–Kier alpha value is -2.82. The Morgan fingerprint density at radius 3 is 2.60 bits per heavy atom. The zero-order chi connectivity index (χ0) is 18.4. The lowest BCUT2D eigenvalue weighted by Gasteiger charge is -2.16. The number of hydrazone groups is 1. The van der Waals surface area contributed by atoms with Crippen LogP contribution in [-0.2, 0) is 4.79 Å². The number of phenolic OH excluding ortho intramolecular Hbond substituents is 1. The van der Waals surface area contributed by atoms with Crippen LogP contribution >= 0.6 is 0 Å². The fourth-order valence-electron chi connectivity index (χ4n) is 2.20. The normalized spacial score (nSPS) is 12.4.